The highest BCUT2D eigenvalue weighted by Gasteiger charge is 2.25. The van der Waals surface area contributed by atoms with Crippen LogP contribution < -0.4 is 20.1 Å². The van der Waals surface area contributed by atoms with Gasteiger partial charge in [0.15, 0.2) is 0 Å². The molecule has 4 aromatic rings. The Morgan fingerprint density at radius 1 is 0.585 bits per heavy atom. The van der Waals surface area contributed by atoms with Gasteiger partial charge in [-0.25, -0.2) is 0 Å². The highest BCUT2D eigenvalue weighted by molar-refractivity contribution is 7.59. The molecule has 1 aliphatic carbocycles. The summed E-state index contributed by atoms with van der Waals surface area (Å²) in [6.07, 6.45) is 4.44. The molecule has 0 aliphatic heterocycles. The van der Waals surface area contributed by atoms with Crippen molar-refractivity contribution in [2.75, 3.05) is 14.2 Å². The second-order valence-electron chi connectivity index (χ2n) is 10.3. The lowest BCUT2D eigenvalue weighted by Crippen LogP contribution is -2.49. The maximum absolute atomic E-state index is 11.1. The van der Waals surface area contributed by atoms with E-state index in [0.717, 1.165) is 70.6 Å². The third kappa shape index (κ3) is 6.81. The van der Waals surface area contributed by atoms with Gasteiger partial charge in [0.05, 0.1) is 14.2 Å². The zero-order valence-electron chi connectivity index (χ0n) is 23.7. The molecule has 0 saturated heterocycles. The number of phenolic OH excluding ortho intramolecular Hbond substituents is 2. The maximum atomic E-state index is 11.1. The second-order valence-corrected chi connectivity index (χ2v) is 10.3. The van der Waals surface area contributed by atoms with Crippen molar-refractivity contribution in [1.29, 1.82) is 0 Å². The summed E-state index contributed by atoms with van der Waals surface area (Å²) in [5, 5.41) is 29.7. The van der Waals surface area contributed by atoms with E-state index < -0.39 is 0 Å². The standard InChI is InChI=1S/C34H38N2O4.H2S/c1-39-31-19-7-3-13-25(31)27-15-9-11-23(33(27)37)21-35-29-17-5-6-18-30(29)36-22-24-12-10-16-28(34(24)38)26-14-4-8-20-32(26)40-2;/h3-4,7-16,19-20,29-30,35-38H,5-6,17-18,21-22H2,1-2H3;1H2/t29-,30-;/m0./s1. The molecule has 216 valence electrons. The first-order valence-electron chi connectivity index (χ1n) is 14.0. The monoisotopic (exact) mass is 572 g/mol. The van der Waals surface area contributed by atoms with E-state index >= 15 is 0 Å². The van der Waals surface area contributed by atoms with E-state index in [0.29, 0.717) is 13.1 Å². The molecule has 4 N–H and O–H groups in total. The summed E-state index contributed by atoms with van der Waals surface area (Å²) in [6.45, 7) is 1.12. The van der Waals surface area contributed by atoms with Crippen LogP contribution in [0.1, 0.15) is 36.8 Å². The lowest BCUT2D eigenvalue weighted by molar-refractivity contribution is 0.279. The first-order valence-corrected chi connectivity index (χ1v) is 14.0. The minimum Gasteiger partial charge on any atom is -0.507 e. The summed E-state index contributed by atoms with van der Waals surface area (Å²) in [7, 11) is 3.29. The number of nitrogens with one attached hydrogen (secondary N) is 2. The lowest BCUT2D eigenvalue weighted by atomic mass is 9.89. The number of phenols is 2. The van der Waals surface area contributed by atoms with Crippen LogP contribution in [0.15, 0.2) is 84.9 Å². The minimum atomic E-state index is 0. The van der Waals surface area contributed by atoms with Gasteiger partial charge in [0.1, 0.15) is 23.0 Å². The van der Waals surface area contributed by atoms with E-state index in [2.05, 4.69) is 10.6 Å². The highest BCUT2D eigenvalue weighted by atomic mass is 32.1. The van der Waals surface area contributed by atoms with Gasteiger partial charge < -0.3 is 30.3 Å². The van der Waals surface area contributed by atoms with Gasteiger partial charge in [0, 0.05) is 58.6 Å². The van der Waals surface area contributed by atoms with Crippen LogP contribution >= 0.6 is 13.5 Å². The molecule has 2 atom stereocenters. The Kier molecular flexibility index (Phi) is 10.6. The molecule has 5 rings (SSSR count). The summed E-state index contributed by atoms with van der Waals surface area (Å²) in [6, 6.07) is 27.7. The highest BCUT2D eigenvalue weighted by Crippen LogP contribution is 2.39. The first kappa shape index (κ1) is 30.3. The molecule has 41 heavy (non-hydrogen) atoms. The molecule has 6 nitrogen and oxygen atoms in total. The SMILES string of the molecule is COc1ccccc1-c1cccc(CN[C@H]2CCCC[C@@H]2NCc2cccc(-c3ccccc3OC)c2O)c1O.S. The van der Waals surface area contributed by atoms with Crippen LogP contribution in [-0.4, -0.2) is 36.5 Å². The molecule has 0 radical (unpaired) electrons. The fraction of sp³-hybridized carbons (Fsp3) is 0.294. The molecular formula is C34H40N2O4S. The number of hydrogen-bond acceptors (Lipinski definition) is 6. The molecule has 7 heteroatoms. The number of methoxy groups -OCH3 is 2. The van der Waals surface area contributed by atoms with Gasteiger partial charge in [-0.2, -0.15) is 13.5 Å². The summed E-state index contributed by atoms with van der Waals surface area (Å²) in [5.74, 6) is 2.02. The van der Waals surface area contributed by atoms with Crippen molar-refractivity contribution in [2.45, 2.75) is 50.9 Å². The van der Waals surface area contributed by atoms with Crippen LogP contribution in [0.3, 0.4) is 0 Å². The number of rotatable bonds is 10. The summed E-state index contributed by atoms with van der Waals surface area (Å²) < 4.78 is 11.0. The Hall–Kier alpha value is -3.65. The number of aromatic hydroxyl groups is 2. The molecule has 0 heterocycles. The molecule has 0 spiro atoms. The van der Waals surface area contributed by atoms with Gasteiger partial charge >= 0.3 is 0 Å². The molecule has 4 aromatic carbocycles. The third-order valence-electron chi connectivity index (χ3n) is 7.91. The average molecular weight is 573 g/mol. The summed E-state index contributed by atoms with van der Waals surface area (Å²) in [4.78, 5) is 0. The molecule has 1 fully saturated rings. The molecule has 1 aliphatic rings. The van der Waals surface area contributed by atoms with Crippen molar-refractivity contribution < 1.29 is 19.7 Å². The predicted molar refractivity (Wildman–Crippen MR) is 170 cm³/mol. The van der Waals surface area contributed by atoms with Crippen LogP contribution in [0, 0.1) is 0 Å². The first-order chi connectivity index (χ1) is 19.6. The van der Waals surface area contributed by atoms with E-state index in [1.54, 1.807) is 14.2 Å². The molecule has 0 amide bonds. The van der Waals surface area contributed by atoms with E-state index in [1.165, 1.54) is 0 Å². The lowest BCUT2D eigenvalue weighted by Gasteiger charge is -2.33. The van der Waals surface area contributed by atoms with Gasteiger partial charge in [-0.15, -0.1) is 0 Å². The van der Waals surface area contributed by atoms with Gasteiger partial charge in [-0.3, -0.25) is 0 Å². The van der Waals surface area contributed by atoms with Crippen LogP contribution in [-0.2, 0) is 13.1 Å². The third-order valence-corrected chi connectivity index (χ3v) is 7.91. The fourth-order valence-corrected chi connectivity index (χ4v) is 5.74. The quantitative estimate of drug-likeness (QED) is 0.168. The summed E-state index contributed by atoms with van der Waals surface area (Å²) in [5.41, 5.74) is 4.99. The van der Waals surface area contributed by atoms with Crippen LogP contribution in [0.4, 0.5) is 0 Å². The van der Waals surface area contributed by atoms with Crippen molar-refractivity contribution in [3.8, 4) is 45.3 Å². The van der Waals surface area contributed by atoms with Crippen molar-refractivity contribution in [3.63, 3.8) is 0 Å². The Balaban J connectivity index is 0.00000387. The molecule has 0 unspecified atom stereocenters. The van der Waals surface area contributed by atoms with E-state index in [1.807, 2.05) is 84.9 Å². The van der Waals surface area contributed by atoms with Crippen LogP contribution in [0.25, 0.3) is 22.3 Å². The summed E-state index contributed by atoms with van der Waals surface area (Å²) >= 11 is 0. The number of benzene rings is 4. The number of para-hydroxylation sites is 4. The van der Waals surface area contributed by atoms with Crippen molar-refractivity contribution in [2.24, 2.45) is 0 Å². The topological polar surface area (TPSA) is 83.0 Å². The second kappa shape index (κ2) is 14.3. The molecular weight excluding hydrogens is 532 g/mol. The zero-order valence-corrected chi connectivity index (χ0v) is 24.7. The van der Waals surface area contributed by atoms with Crippen molar-refractivity contribution >= 4 is 13.5 Å². The Bertz CT molecular complexity index is 1340. The predicted octanol–water partition coefficient (Wildman–Crippen LogP) is 6.75. The smallest absolute Gasteiger partial charge is 0.128 e. The zero-order chi connectivity index (χ0) is 27.9. The van der Waals surface area contributed by atoms with E-state index in [4.69, 9.17) is 9.47 Å². The molecule has 0 aromatic heterocycles. The maximum Gasteiger partial charge on any atom is 0.128 e. The number of ether oxygens (including phenoxy) is 2. The average Bonchev–Trinajstić information content (AvgIpc) is 3.00. The van der Waals surface area contributed by atoms with Gasteiger partial charge in [-0.1, -0.05) is 85.6 Å². The van der Waals surface area contributed by atoms with Gasteiger partial charge in [0.25, 0.3) is 0 Å². The normalized spacial score (nSPS) is 16.5. The van der Waals surface area contributed by atoms with E-state index in [9.17, 15) is 10.2 Å². The van der Waals surface area contributed by atoms with Crippen LogP contribution in [0.5, 0.6) is 23.0 Å². The van der Waals surface area contributed by atoms with E-state index in [-0.39, 0.29) is 37.1 Å². The molecule has 0 bridgehead atoms. The minimum absolute atomic E-state index is 0. The largest absolute Gasteiger partial charge is 0.507 e. The Morgan fingerprint density at radius 2 is 0.976 bits per heavy atom. The van der Waals surface area contributed by atoms with Gasteiger partial charge in [0.2, 0.25) is 0 Å². The number of hydrogen-bond donors (Lipinski definition) is 4. The Labute approximate surface area is 249 Å². The van der Waals surface area contributed by atoms with Crippen molar-refractivity contribution in [1.82, 2.24) is 10.6 Å². The van der Waals surface area contributed by atoms with Crippen LogP contribution in [0.2, 0.25) is 0 Å². The Morgan fingerprint density at radius 3 is 1.39 bits per heavy atom. The van der Waals surface area contributed by atoms with Crippen molar-refractivity contribution in [3.05, 3.63) is 96.1 Å². The van der Waals surface area contributed by atoms with Gasteiger partial charge in [-0.05, 0) is 25.0 Å². The fourth-order valence-electron chi connectivity index (χ4n) is 5.74. The molecule has 1 saturated carbocycles.